The van der Waals surface area contributed by atoms with Crippen molar-refractivity contribution in [2.45, 2.75) is 39.3 Å². The van der Waals surface area contributed by atoms with Crippen LogP contribution in [0.3, 0.4) is 0 Å². The van der Waals surface area contributed by atoms with E-state index in [1.165, 1.54) is 15.4 Å². The Morgan fingerprint density at radius 1 is 1.33 bits per heavy atom. The molecule has 0 aliphatic carbocycles. The molecule has 1 aromatic heterocycles. The minimum absolute atomic E-state index is 0.0853. The molecule has 1 aromatic carbocycles. The maximum absolute atomic E-state index is 11.3. The number of hydrogen-bond donors (Lipinski definition) is 0. The van der Waals surface area contributed by atoms with Crippen molar-refractivity contribution in [2.75, 3.05) is 20.1 Å². The number of likely N-dealkylation sites (tertiary alicyclic amines) is 1. The minimum atomic E-state index is 0.0853. The number of benzene rings is 1. The standard InChI is InChI=1S/C19H25N3OS/c1-13(2)22-11-17(12-22)19-20-9-18(24-19)16-7-5-15(6-8-16)10-21(4)14(3)23/h5-9,13,17H,10-12H2,1-4H3. The molecular weight excluding hydrogens is 318 g/mol. The van der Waals surface area contributed by atoms with Gasteiger partial charge in [0.1, 0.15) is 0 Å². The van der Waals surface area contributed by atoms with Crippen LogP contribution in [0.25, 0.3) is 10.4 Å². The largest absolute Gasteiger partial charge is 0.342 e. The summed E-state index contributed by atoms with van der Waals surface area (Å²) in [7, 11) is 1.82. The summed E-state index contributed by atoms with van der Waals surface area (Å²) < 4.78 is 0. The molecule has 0 atom stereocenters. The number of nitrogens with zero attached hydrogens (tertiary/aromatic N) is 3. The quantitative estimate of drug-likeness (QED) is 0.832. The molecule has 5 heteroatoms. The zero-order valence-corrected chi connectivity index (χ0v) is 15.6. The number of amides is 1. The van der Waals surface area contributed by atoms with E-state index in [1.54, 1.807) is 23.2 Å². The van der Waals surface area contributed by atoms with Crippen molar-refractivity contribution in [3.8, 4) is 10.4 Å². The summed E-state index contributed by atoms with van der Waals surface area (Å²) in [6, 6.07) is 9.07. The second-order valence-electron chi connectivity index (χ2n) is 6.88. The number of hydrogen-bond acceptors (Lipinski definition) is 4. The van der Waals surface area contributed by atoms with Crippen LogP contribution in [0.1, 0.15) is 37.3 Å². The Balaban J connectivity index is 1.64. The molecule has 1 fully saturated rings. The third-order valence-corrected chi connectivity index (χ3v) is 5.92. The number of thiazole rings is 1. The van der Waals surface area contributed by atoms with Crippen LogP contribution in [-0.2, 0) is 11.3 Å². The second-order valence-corrected chi connectivity index (χ2v) is 7.94. The molecule has 4 nitrogen and oxygen atoms in total. The van der Waals surface area contributed by atoms with Gasteiger partial charge in [-0.25, -0.2) is 4.98 Å². The van der Waals surface area contributed by atoms with E-state index in [1.807, 2.05) is 13.2 Å². The van der Waals surface area contributed by atoms with Crippen molar-refractivity contribution in [3.63, 3.8) is 0 Å². The van der Waals surface area contributed by atoms with Crippen LogP contribution in [0.2, 0.25) is 0 Å². The zero-order chi connectivity index (χ0) is 17.3. The highest BCUT2D eigenvalue weighted by atomic mass is 32.1. The first-order chi connectivity index (χ1) is 11.4. The van der Waals surface area contributed by atoms with Crippen LogP contribution in [0.5, 0.6) is 0 Å². The average Bonchev–Trinajstić information content (AvgIpc) is 2.95. The summed E-state index contributed by atoms with van der Waals surface area (Å²) in [6.45, 7) is 8.98. The normalized spacial score (nSPS) is 15.5. The van der Waals surface area contributed by atoms with Gasteiger partial charge in [0, 0.05) is 51.8 Å². The van der Waals surface area contributed by atoms with Crippen molar-refractivity contribution in [3.05, 3.63) is 41.0 Å². The van der Waals surface area contributed by atoms with Crippen molar-refractivity contribution < 1.29 is 4.79 Å². The molecule has 0 radical (unpaired) electrons. The van der Waals surface area contributed by atoms with Gasteiger partial charge in [-0.15, -0.1) is 11.3 Å². The highest BCUT2D eigenvalue weighted by Crippen LogP contribution is 2.35. The predicted octanol–water partition coefficient (Wildman–Crippen LogP) is 3.60. The Kier molecular flexibility index (Phi) is 5.01. The third kappa shape index (κ3) is 3.68. The van der Waals surface area contributed by atoms with Crippen LogP contribution in [0, 0.1) is 0 Å². The Labute approximate surface area is 148 Å². The Morgan fingerprint density at radius 2 is 2.00 bits per heavy atom. The lowest BCUT2D eigenvalue weighted by Gasteiger charge is -2.41. The maximum Gasteiger partial charge on any atom is 0.219 e. The molecule has 0 N–H and O–H groups in total. The van der Waals surface area contributed by atoms with Gasteiger partial charge >= 0.3 is 0 Å². The third-order valence-electron chi connectivity index (χ3n) is 4.71. The Bertz CT molecular complexity index is 702. The van der Waals surface area contributed by atoms with E-state index in [9.17, 15) is 4.79 Å². The first-order valence-electron chi connectivity index (χ1n) is 8.45. The van der Waals surface area contributed by atoms with E-state index in [2.05, 4.69) is 48.0 Å². The van der Waals surface area contributed by atoms with Gasteiger partial charge in [0.15, 0.2) is 0 Å². The molecule has 128 valence electrons. The van der Waals surface area contributed by atoms with Gasteiger partial charge < -0.3 is 4.90 Å². The monoisotopic (exact) mass is 343 g/mol. The van der Waals surface area contributed by atoms with Crippen molar-refractivity contribution in [2.24, 2.45) is 0 Å². The Hall–Kier alpha value is -1.72. The summed E-state index contributed by atoms with van der Waals surface area (Å²) in [5.41, 5.74) is 2.35. The summed E-state index contributed by atoms with van der Waals surface area (Å²) in [6.07, 6.45) is 1.99. The average molecular weight is 343 g/mol. The van der Waals surface area contributed by atoms with Gasteiger partial charge in [0.2, 0.25) is 5.91 Å². The lowest BCUT2D eigenvalue weighted by molar-refractivity contribution is -0.128. The Morgan fingerprint density at radius 3 is 2.58 bits per heavy atom. The lowest BCUT2D eigenvalue weighted by atomic mass is 9.99. The predicted molar refractivity (Wildman–Crippen MR) is 99.1 cm³/mol. The fraction of sp³-hybridized carbons (Fsp3) is 0.474. The van der Waals surface area contributed by atoms with E-state index in [4.69, 9.17) is 0 Å². The molecule has 0 saturated carbocycles. The van der Waals surface area contributed by atoms with E-state index < -0.39 is 0 Å². The van der Waals surface area contributed by atoms with Crippen LogP contribution < -0.4 is 0 Å². The van der Waals surface area contributed by atoms with Crippen LogP contribution in [0.15, 0.2) is 30.5 Å². The highest BCUT2D eigenvalue weighted by Gasteiger charge is 2.31. The van der Waals surface area contributed by atoms with Crippen molar-refractivity contribution in [1.82, 2.24) is 14.8 Å². The molecule has 0 unspecified atom stereocenters. The van der Waals surface area contributed by atoms with E-state index in [0.717, 1.165) is 18.7 Å². The van der Waals surface area contributed by atoms with Crippen molar-refractivity contribution >= 4 is 17.2 Å². The fourth-order valence-corrected chi connectivity index (χ4v) is 3.87. The zero-order valence-electron chi connectivity index (χ0n) is 14.8. The summed E-state index contributed by atoms with van der Waals surface area (Å²) in [5, 5.41) is 1.25. The highest BCUT2D eigenvalue weighted by molar-refractivity contribution is 7.15. The van der Waals surface area contributed by atoms with Gasteiger partial charge in [-0.2, -0.15) is 0 Å². The van der Waals surface area contributed by atoms with Gasteiger partial charge in [0.05, 0.1) is 9.88 Å². The molecule has 2 aromatic rings. The van der Waals surface area contributed by atoms with Crippen molar-refractivity contribution in [1.29, 1.82) is 0 Å². The number of rotatable bonds is 5. The van der Waals surface area contributed by atoms with E-state index in [-0.39, 0.29) is 5.91 Å². The van der Waals surface area contributed by atoms with Gasteiger partial charge in [0.25, 0.3) is 0 Å². The molecule has 3 rings (SSSR count). The number of carbonyl (C=O) groups is 1. The maximum atomic E-state index is 11.3. The van der Waals surface area contributed by atoms with Gasteiger partial charge in [-0.1, -0.05) is 24.3 Å². The first-order valence-corrected chi connectivity index (χ1v) is 9.26. The number of carbonyl (C=O) groups excluding carboxylic acids is 1. The molecule has 1 aliphatic heterocycles. The lowest BCUT2D eigenvalue weighted by Crippen LogP contribution is -2.48. The molecule has 2 heterocycles. The topological polar surface area (TPSA) is 36.4 Å². The fourth-order valence-electron chi connectivity index (χ4n) is 2.86. The van der Waals surface area contributed by atoms with Crippen LogP contribution in [-0.4, -0.2) is 46.9 Å². The van der Waals surface area contributed by atoms with Crippen LogP contribution in [0.4, 0.5) is 0 Å². The summed E-state index contributed by atoms with van der Waals surface area (Å²) in [4.78, 5) is 21.4. The summed E-state index contributed by atoms with van der Waals surface area (Å²) in [5.74, 6) is 0.678. The SMILES string of the molecule is CC(=O)N(C)Cc1ccc(-c2cnc(C3CN(C(C)C)C3)s2)cc1. The molecule has 0 spiro atoms. The smallest absolute Gasteiger partial charge is 0.219 e. The second kappa shape index (κ2) is 7.03. The van der Waals surface area contributed by atoms with Gasteiger partial charge in [-0.05, 0) is 25.0 Å². The molecule has 1 aliphatic rings. The number of aromatic nitrogens is 1. The molecular formula is C19H25N3OS. The molecule has 1 amide bonds. The van der Waals surface area contributed by atoms with Crippen LogP contribution >= 0.6 is 11.3 Å². The first kappa shape index (κ1) is 17.1. The van der Waals surface area contributed by atoms with Gasteiger partial charge in [-0.3, -0.25) is 9.69 Å². The van der Waals surface area contributed by atoms with E-state index in [0.29, 0.717) is 18.5 Å². The molecule has 24 heavy (non-hydrogen) atoms. The minimum Gasteiger partial charge on any atom is -0.342 e. The summed E-state index contributed by atoms with van der Waals surface area (Å²) >= 11 is 1.81. The molecule has 1 saturated heterocycles. The van der Waals surface area contributed by atoms with E-state index >= 15 is 0 Å². The molecule has 0 bridgehead atoms.